The van der Waals surface area contributed by atoms with Gasteiger partial charge in [-0.05, 0) is 18.2 Å². The fraction of sp³-hybridized carbons (Fsp3) is 0.211. The number of benzene rings is 1. The molecule has 150 valence electrons. The zero-order valence-corrected chi connectivity index (χ0v) is 16.7. The third kappa shape index (κ3) is 4.16. The largest absolute Gasteiger partial charge is 0.494 e. The monoisotopic (exact) mass is 415 g/mol. The number of aromatic nitrogens is 3. The van der Waals surface area contributed by atoms with Crippen molar-refractivity contribution in [1.82, 2.24) is 25.4 Å². The molecule has 3 rings (SSSR count). The molecule has 0 spiro atoms. The van der Waals surface area contributed by atoms with Crippen LogP contribution < -0.4 is 15.4 Å². The smallest absolute Gasteiger partial charge is 0.273 e. The summed E-state index contributed by atoms with van der Waals surface area (Å²) >= 11 is 1.22. The van der Waals surface area contributed by atoms with Crippen molar-refractivity contribution in [3.8, 4) is 16.3 Å². The zero-order valence-electron chi connectivity index (χ0n) is 18.9. The van der Waals surface area contributed by atoms with E-state index in [1.54, 1.807) is 32.3 Å². The molecule has 0 aliphatic heterocycles. The van der Waals surface area contributed by atoms with Crippen LogP contribution in [0.3, 0.4) is 0 Å². The van der Waals surface area contributed by atoms with E-state index < -0.39 is 12.9 Å². The molecule has 0 saturated heterocycles. The Morgan fingerprint density at radius 1 is 1.24 bits per heavy atom. The number of carbonyl (C=O) groups is 2. The highest BCUT2D eigenvalue weighted by Crippen LogP contribution is 2.39. The number of hydrogen-bond donors (Lipinski definition) is 2. The summed E-state index contributed by atoms with van der Waals surface area (Å²) in [5, 5.41) is 12.9. The van der Waals surface area contributed by atoms with E-state index in [0.717, 1.165) is 0 Å². The van der Waals surface area contributed by atoms with Crippen LogP contribution in [-0.2, 0) is 0 Å². The van der Waals surface area contributed by atoms with Crippen LogP contribution in [0.1, 0.15) is 24.3 Å². The Morgan fingerprint density at radius 3 is 2.79 bits per heavy atom. The average Bonchev–Trinajstić information content (AvgIpc) is 3.22. The molecule has 0 aliphatic carbocycles. The Bertz CT molecular complexity index is 1150. The van der Waals surface area contributed by atoms with Gasteiger partial charge in [-0.15, -0.1) is 16.4 Å². The molecule has 3 aromatic rings. The lowest BCUT2D eigenvalue weighted by Crippen LogP contribution is -2.21. The number of para-hydroxylation sites is 1. The van der Waals surface area contributed by atoms with Crippen LogP contribution in [0.4, 0.5) is 11.4 Å². The Kier molecular flexibility index (Phi) is 4.90. The molecule has 2 aromatic heterocycles. The van der Waals surface area contributed by atoms with Crippen molar-refractivity contribution in [2.24, 2.45) is 0 Å². The zero-order chi connectivity index (χ0) is 23.5. The van der Waals surface area contributed by atoms with Crippen LogP contribution in [0.15, 0.2) is 36.7 Å². The minimum absolute atomic E-state index is 0.158. The van der Waals surface area contributed by atoms with Crippen LogP contribution >= 0.6 is 11.3 Å². The van der Waals surface area contributed by atoms with Crippen LogP contribution in [0.2, 0.25) is 0 Å². The molecule has 0 atom stereocenters. The maximum atomic E-state index is 12.3. The fourth-order valence-electron chi connectivity index (χ4n) is 2.55. The van der Waals surface area contributed by atoms with E-state index in [0.29, 0.717) is 26.9 Å². The topological polar surface area (TPSA) is 109 Å². The first-order valence-electron chi connectivity index (χ1n) is 9.87. The maximum Gasteiger partial charge on any atom is 0.273 e. The number of ether oxygens (including phenoxy) is 1. The van der Waals surface area contributed by atoms with Gasteiger partial charge in [-0.3, -0.25) is 9.59 Å². The van der Waals surface area contributed by atoms with E-state index in [1.165, 1.54) is 41.8 Å². The van der Waals surface area contributed by atoms with E-state index in [2.05, 4.69) is 20.5 Å². The average molecular weight is 415 g/mol. The van der Waals surface area contributed by atoms with Gasteiger partial charge in [0.2, 0.25) is 0 Å². The number of hydrogen-bond acceptors (Lipinski definition) is 8. The number of thiazole rings is 1. The summed E-state index contributed by atoms with van der Waals surface area (Å²) in [4.78, 5) is 30.9. The number of anilines is 2. The first-order valence-corrected chi connectivity index (χ1v) is 9.18. The summed E-state index contributed by atoms with van der Waals surface area (Å²) in [6, 6.07) is 6.75. The molecule has 2 amide bonds. The second kappa shape index (κ2) is 8.65. The standard InChI is InChI=1S/C19H20N6O3S/c1-20-17(26)15-12(8-9-22-24-15)23-13-7-5-6-11(16(13)28-4)18-21-10-14(29-18)19(27)25(2)3/h5-10H,1-4H3,(H,20,26)(H,22,23)/i1D3. The molecule has 0 aliphatic rings. The number of nitrogens with zero attached hydrogens (tertiary/aromatic N) is 4. The van der Waals surface area contributed by atoms with Crippen LogP contribution in [0, 0.1) is 0 Å². The summed E-state index contributed by atoms with van der Waals surface area (Å²) in [6.45, 7) is -2.67. The van der Waals surface area contributed by atoms with Gasteiger partial charge in [0, 0.05) is 25.2 Å². The highest BCUT2D eigenvalue weighted by molar-refractivity contribution is 7.16. The molecular formula is C19H20N6O3S. The Hall–Kier alpha value is -3.53. The normalized spacial score (nSPS) is 12.3. The molecule has 0 saturated carbocycles. The molecule has 0 radical (unpaired) electrons. The molecule has 2 heterocycles. The van der Waals surface area contributed by atoms with Crippen molar-refractivity contribution in [2.45, 2.75) is 0 Å². The summed E-state index contributed by atoms with van der Waals surface area (Å²) in [5.74, 6) is -0.637. The van der Waals surface area contributed by atoms with Gasteiger partial charge >= 0.3 is 0 Å². The van der Waals surface area contributed by atoms with E-state index in [4.69, 9.17) is 8.85 Å². The lowest BCUT2D eigenvalue weighted by molar-refractivity contribution is 0.0831. The first-order chi connectivity index (χ1) is 15.1. The van der Waals surface area contributed by atoms with Gasteiger partial charge in [0.1, 0.15) is 9.88 Å². The Balaban J connectivity index is 1.97. The second-order valence-corrected chi connectivity index (χ2v) is 7.02. The van der Waals surface area contributed by atoms with Gasteiger partial charge in [0.25, 0.3) is 11.8 Å². The maximum absolute atomic E-state index is 12.3. The Morgan fingerprint density at radius 2 is 2.07 bits per heavy atom. The summed E-state index contributed by atoms with van der Waals surface area (Å²) in [5.41, 5.74) is 1.16. The van der Waals surface area contributed by atoms with Crippen molar-refractivity contribution in [2.75, 3.05) is 33.5 Å². The van der Waals surface area contributed by atoms with Crippen LogP contribution in [0.5, 0.6) is 5.75 Å². The molecular weight excluding hydrogens is 392 g/mol. The molecule has 2 N–H and O–H groups in total. The van der Waals surface area contributed by atoms with Crippen LogP contribution in [0.25, 0.3) is 10.6 Å². The molecule has 9 nitrogen and oxygen atoms in total. The number of rotatable bonds is 6. The van der Waals surface area contributed by atoms with Crippen molar-refractivity contribution in [3.05, 3.63) is 47.2 Å². The molecule has 0 fully saturated rings. The summed E-state index contributed by atoms with van der Waals surface area (Å²) in [7, 11) is 4.81. The third-order valence-corrected chi connectivity index (χ3v) is 4.91. The van der Waals surface area contributed by atoms with E-state index in [9.17, 15) is 9.59 Å². The molecule has 29 heavy (non-hydrogen) atoms. The van der Waals surface area contributed by atoms with Gasteiger partial charge in [0.15, 0.2) is 11.4 Å². The number of amides is 2. The van der Waals surface area contributed by atoms with E-state index >= 15 is 0 Å². The lowest BCUT2D eigenvalue weighted by Gasteiger charge is -2.15. The molecule has 0 bridgehead atoms. The predicted molar refractivity (Wildman–Crippen MR) is 111 cm³/mol. The van der Waals surface area contributed by atoms with E-state index in [1.807, 2.05) is 5.32 Å². The molecule has 1 aromatic carbocycles. The molecule has 0 unspecified atom stereocenters. The van der Waals surface area contributed by atoms with Crippen molar-refractivity contribution < 1.29 is 18.4 Å². The fourth-order valence-corrected chi connectivity index (χ4v) is 3.51. The van der Waals surface area contributed by atoms with E-state index in [-0.39, 0.29) is 17.3 Å². The minimum atomic E-state index is -2.67. The quantitative estimate of drug-likeness (QED) is 0.636. The number of carbonyl (C=O) groups excluding carboxylic acids is 2. The van der Waals surface area contributed by atoms with Gasteiger partial charge < -0.3 is 20.3 Å². The van der Waals surface area contributed by atoms with Gasteiger partial charge in [-0.1, -0.05) is 6.07 Å². The predicted octanol–water partition coefficient (Wildman–Crippen LogP) is 2.41. The second-order valence-electron chi connectivity index (χ2n) is 5.99. The third-order valence-electron chi connectivity index (χ3n) is 3.89. The van der Waals surface area contributed by atoms with Gasteiger partial charge in [-0.2, -0.15) is 5.10 Å². The van der Waals surface area contributed by atoms with Crippen molar-refractivity contribution in [1.29, 1.82) is 0 Å². The lowest BCUT2D eigenvalue weighted by atomic mass is 10.1. The summed E-state index contributed by atoms with van der Waals surface area (Å²) in [6.07, 6.45) is 2.87. The summed E-state index contributed by atoms with van der Waals surface area (Å²) < 4.78 is 27.3. The van der Waals surface area contributed by atoms with Crippen LogP contribution in [-0.4, -0.2) is 60.1 Å². The Labute approximate surface area is 176 Å². The van der Waals surface area contributed by atoms with Crippen molar-refractivity contribution >= 4 is 34.5 Å². The number of methoxy groups -OCH3 is 1. The van der Waals surface area contributed by atoms with Gasteiger partial charge in [-0.25, -0.2) is 4.98 Å². The van der Waals surface area contributed by atoms with Gasteiger partial charge in [0.05, 0.1) is 36.4 Å². The minimum Gasteiger partial charge on any atom is -0.494 e. The van der Waals surface area contributed by atoms with Crippen molar-refractivity contribution in [3.63, 3.8) is 0 Å². The SMILES string of the molecule is [2H]C([2H])([2H])NC(=O)c1nnccc1Nc1cccc(-c2ncc(C(=O)N(C)C)s2)c1OC. The number of nitrogens with one attached hydrogen (secondary N) is 2. The highest BCUT2D eigenvalue weighted by Gasteiger charge is 2.19. The molecule has 10 heteroatoms. The highest BCUT2D eigenvalue weighted by atomic mass is 32.1. The first kappa shape index (κ1) is 16.4.